The highest BCUT2D eigenvalue weighted by atomic mass is 35.5. The number of hydrogen-bond donors (Lipinski definition) is 1. The molecule has 10 heteroatoms. The van der Waals surface area contributed by atoms with Crippen molar-refractivity contribution in [3.63, 3.8) is 0 Å². The normalized spacial score (nSPS) is 19.2. The first kappa shape index (κ1) is 19.4. The fourth-order valence-corrected chi connectivity index (χ4v) is 3.60. The summed E-state index contributed by atoms with van der Waals surface area (Å²) in [5.74, 6) is -2.88. The minimum atomic E-state index is -2.82. The van der Waals surface area contributed by atoms with E-state index in [1.54, 1.807) is 18.2 Å². The molecule has 1 aromatic heterocycles. The van der Waals surface area contributed by atoms with Gasteiger partial charge in [-0.05, 0) is 24.3 Å². The molecule has 2 aromatic rings. The third kappa shape index (κ3) is 3.57. The van der Waals surface area contributed by atoms with Crippen molar-refractivity contribution in [1.29, 1.82) is 0 Å². The lowest BCUT2D eigenvalue weighted by molar-refractivity contribution is -0.113. The van der Waals surface area contributed by atoms with Crippen molar-refractivity contribution in [3.8, 4) is 17.0 Å². The fourth-order valence-electron chi connectivity index (χ4n) is 3.32. The molecular formula is C19H16ClF2N3O4. The Kier molecular flexibility index (Phi) is 4.57. The Labute approximate surface area is 169 Å². The van der Waals surface area contributed by atoms with Crippen LogP contribution in [0, 0.1) is 0 Å². The van der Waals surface area contributed by atoms with Crippen LogP contribution in [-0.4, -0.2) is 64.2 Å². The van der Waals surface area contributed by atoms with Gasteiger partial charge in [0.2, 0.25) is 0 Å². The molecule has 1 aromatic carbocycles. The molecule has 0 aliphatic carbocycles. The van der Waals surface area contributed by atoms with Crippen LogP contribution in [0.2, 0.25) is 5.02 Å². The minimum absolute atomic E-state index is 0.225. The number of likely N-dealkylation sites (tertiary alicyclic amines) is 1. The first-order valence-corrected chi connectivity index (χ1v) is 9.11. The molecular weight excluding hydrogens is 408 g/mol. The summed E-state index contributed by atoms with van der Waals surface area (Å²) in [5.41, 5.74) is 2.18. The lowest BCUT2D eigenvalue weighted by Crippen LogP contribution is -2.58. The molecule has 2 amide bonds. The monoisotopic (exact) mass is 423 g/mol. The van der Waals surface area contributed by atoms with E-state index in [4.69, 9.17) is 21.4 Å². The Bertz CT molecular complexity index is 992. The van der Waals surface area contributed by atoms with Gasteiger partial charge >= 0.3 is 6.09 Å². The average Bonchev–Trinajstić information content (AvgIpc) is 3.09. The second-order valence-corrected chi connectivity index (χ2v) is 7.47. The van der Waals surface area contributed by atoms with Gasteiger partial charge in [0.1, 0.15) is 5.75 Å². The molecule has 1 saturated heterocycles. The van der Waals surface area contributed by atoms with Gasteiger partial charge < -0.3 is 14.7 Å². The standard InChI is InChI=1S/C19H16ClF2N3O4/c1-24(18(27)28)15-6-12-4-11(5-13(20)16(12)29-15)14-3-2-10(7-23-14)17(26)25-8-19(21,22)9-25/h2-5,7,15H,6,8-9H2,1H3,(H,27,28). The first-order valence-electron chi connectivity index (χ1n) is 8.73. The summed E-state index contributed by atoms with van der Waals surface area (Å²) in [6.07, 6.45) is -0.100. The van der Waals surface area contributed by atoms with Gasteiger partial charge in [-0.15, -0.1) is 0 Å². The fraction of sp³-hybridized carbons (Fsp3) is 0.316. The van der Waals surface area contributed by atoms with Crippen LogP contribution in [0.25, 0.3) is 11.3 Å². The molecule has 2 aliphatic rings. The molecule has 0 spiro atoms. The van der Waals surface area contributed by atoms with Crippen LogP contribution in [0.5, 0.6) is 5.75 Å². The molecule has 1 N–H and O–H groups in total. The number of aromatic nitrogens is 1. The van der Waals surface area contributed by atoms with Crippen LogP contribution in [0.1, 0.15) is 15.9 Å². The number of ether oxygens (including phenoxy) is 1. The van der Waals surface area contributed by atoms with Crippen molar-refractivity contribution in [3.05, 3.63) is 46.6 Å². The second-order valence-electron chi connectivity index (χ2n) is 7.07. The highest BCUT2D eigenvalue weighted by Crippen LogP contribution is 2.40. The molecule has 3 heterocycles. The summed E-state index contributed by atoms with van der Waals surface area (Å²) < 4.78 is 31.5. The number of carboxylic acid groups (broad SMARTS) is 1. The zero-order valence-corrected chi connectivity index (χ0v) is 16.0. The average molecular weight is 424 g/mol. The third-order valence-electron chi connectivity index (χ3n) is 4.94. The Morgan fingerprint density at radius 2 is 2.07 bits per heavy atom. The van der Waals surface area contributed by atoms with E-state index in [1.807, 2.05) is 0 Å². The highest BCUT2D eigenvalue weighted by molar-refractivity contribution is 6.32. The SMILES string of the molecule is CN(C(=O)O)C1Cc2cc(-c3ccc(C(=O)N4CC(F)(F)C4)cn3)cc(Cl)c2O1. The lowest BCUT2D eigenvalue weighted by atomic mass is 10.0. The van der Waals surface area contributed by atoms with Gasteiger partial charge in [0.15, 0.2) is 6.23 Å². The highest BCUT2D eigenvalue weighted by Gasteiger charge is 2.46. The Morgan fingerprint density at radius 3 is 2.66 bits per heavy atom. The van der Waals surface area contributed by atoms with Gasteiger partial charge in [-0.25, -0.2) is 13.6 Å². The zero-order chi connectivity index (χ0) is 20.9. The quantitative estimate of drug-likeness (QED) is 0.818. The predicted octanol–water partition coefficient (Wildman–Crippen LogP) is 3.36. The number of nitrogens with zero attached hydrogens (tertiary/aromatic N) is 3. The molecule has 0 radical (unpaired) electrons. The van der Waals surface area contributed by atoms with E-state index in [9.17, 15) is 18.4 Å². The van der Waals surface area contributed by atoms with Crippen LogP contribution in [-0.2, 0) is 6.42 Å². The Morgan fingerprint density at radius 1 is 1.34 bits per heavy atom. The van der Waals surface area contributed by atoms with Gasteiger partial charge in [-0.2, -0.15) is 0 Å². The molecule has 1 unspecified atom stereocenters. The number of benzene rings is 1. The number of carbonyl (C=O) groups is 2. The summed E-state index contributed by atoms with van der Waals surface area (Å²) in [4.78, 5) is 29.7. The first-order chi connectivity index (χ1) is 13.6. The van der Waals surface area contributed by atoms with E-state index in [0.717, 1.165) is 15.4 Å². The molecule has 1 fully saturated rings. The number of halogens is 3. The second kappa shape index (κ2) is 6.84. The molecule has 0 bridgehead atoms. The molecule has 29 heavy (non-hydrogen) atoms. The van der Waals surface area contributed by atoms with Crippen LogP contribution >= 0.6 is 11.6 Å². The van der Waals surface area contributed by atoms with E-state index in [0.29, 0.717) is 28.5 Å². The third-order valence-corrected chi connectivity index (χ3v) is 5.22. The number of hydrogen-bond acceptors (Lipinski definition) is 4. The van der Waals surface area contributed by atoms with Crippen molar-refractivity contribution in [2.45, 2.75) is 18.6 Å². The number of carbonyl (C=O) groups excluding carboxylic acids is 1. The molecule has 1 atom stereocenters. The van der Waals surface area contributed by atoms with Gasteiger partial charge in [-0.1, -0.05) is 11.6 Å². The number of alkyl halides is 2. The van der Waals surface area contributed by atoms with E-state index in [-0.39, 0.29) is 5.56 Å². The van der Waals surface area contributed by atoms with Crippen molar-refractivity contribution in [2.24, 2.45) is 0 Å². The molecule has 4 rings (SSSR count). The van der Waals surface area contributed by atoms with Gasteiger partial charge in [0.25, 0.3) is 11.8 Å². The van der Waals surface area contributed by atoms with Crippen LogP contribution in [0.15, 0.2) is 30.5 Å². The van der Waals surface area contributed by atoms with Crippen LogP contribution < -0.4 is 4.74 Å². The Balaban J connectivity index is 1.53. The lowest BCUT2D eigenvalue weighted by Gasteiger charge is -2.38. The van der Waals surface area contributed by atoms with Gasteiger partial charge in [-0.3, -0.25) is 14.7 Å². The summed E-state index contributed by atoms with van der Waals surface area (Å²) in [5, 5.41) is 9.44. The molecule has 7 nitrogen and oxygen atoms in total. The summed E-state index contributed by atoms with van der Waals surface area (Å²) in [6, 6.07) is 6.58. The van der Waals surface area contributed by atoms with Crippen LogP contribution in [0.4, 0.5) is 13.6 Å². The number of fused-ring (bicyclic) bond motifs is 1. The van der Waals surface area contributed by atoms with E-state index in [2.05, 4.69) is 4.98 Å². The Hall–Kier alpha value is -2.94. The molecule has 0 saturated carbocycles. The maximum absolute atomic E-state index is 13.0. The van der Waals surface area contributed by atoms with Gasteiger partial charge in [0, 0.05) is 30.8 Å². The topological polar surface area (TPSA) is 83.0 Å². The van der Waals surface area contributed by atoms with E-state index < -0.39 is 37.2 Å². The summed E-state index contributed by atoms with van der Waals surface area (Å²) in [7, 11) is 1.42. The minimum Gasteiger partial charge on any atom is -0.468 e. The number of likely N-dealkylation sites (N-methyl/N-ethyl adjacent to an activating group) is 1. The number of pyridine rings is 1. The number of rotatable bonds is 3. The smallest absolute Gasteiger partial charge is 0.409 e. The van der Waals surface area contributed by atoms with Crippen molar-refractivity contribution in [1.82, 2.24) is 14.8 Å². The van der Waals surface area contributed by atoms with Gasteiger partial charge in [0.05, 0.1) is 29.4 Å². The summed E-state index contributed by atoms with van der Waals surface area (Å²) >= 11 is 6.30. The summed E-state index contributed by atoms with van der Waals surface area (Å²) in [6.45, 7) is -1.17. The zero-order valence-electron chi connectivity index (χ0n) is 15.2. The van der Waals surface area contributed by atoms with Crippen molar-refractivity contribution < 1.29 is 28.2 Å². The molecule has 152 valence electrons. The van der Waals surface area contributed by atoms with Crippen molar-refractivity contribution >= 4 is 23.6 Å². The van der Waals surface area contributed by atoms with Crippen LogP contribution in [0.3, 0.4) is 0 Å². The maximum Gasteiger partial charge on any atom is 0.409 e. The predicted molar refractivity (Wildman–Crippen MR) is 99.4 cm³/mol. The maximum atomic E-state index is 13.0. The molecule has 2 aliphatic heterocycles. The van der Waals surface area contributed by atoms with Crippen molar-refractivity contribution in [2.75, 3.05) is 20.1 Å². The van der Waals surface area contributed by atoms with E-state index >= 15 is 0 Å². The van der Waals surface area contributed by atoms with E-state index in [1.165, 1.54) is 19.3 Å². The largest absolute Gasteiger partial charge is 0.468 e. The number of amides is 2.